The van der Waals surface area contributed by atoms with Crippen LogP contribution in [0, 0.1) is 12.3 Å². The van der Waals surface area contributed by atoms with Crippen LogP contribution in [0.3, 0.4) is 0 Å². The number of rotatable bonds is 2. The summed E-state index contributed by atoms with van der Waals surface area (Å²) in [5.74, 6) is 2.97. The summed E-state index contributed by atoms with van der Waals surface area (Å²) in [5, 5.41) is 0. The first-order valence-electron chi connectivity index (χ1n) is 2.90. The van der Waals surface area contributed by atoms with Crippen molar-refractivity contribution in [1.82, 2.24) is 0 Å². The third kappa shape index (κ3) is 1.20. The van der Waals surface area contributed by atoms with Crippen LogP contribution in [0.5, 0.6) is 0 Å². The van der Waals surface area contributed by atoms with Gasteiger partial charge in [0.25, 0.3) is 0 Å². The van der Waals surface area contributed by atoms with Crippen LogP contribution in [-0.4, -0.2) is 7.11 Å². The van der Waals surface area contributed by atoms with Crippen LogP contribution in [0.15, 0.2) is 16.7 Å². The van der Waals surface area contributed by atoms with Gasteiger partial charge in [0.05, 0.1) is 12.9 Å². The minimum atomic E-state index is 0.510. The summed E-state index contributed by atoms with van der Waals surface area (Å²) in [7, 11) is 1.62. The standard InChI is InChI=1S/C8H8O2/c1-3-8-7(6-9-2)4-5-10-8/h1,4-5H,6H2,2H3. The van der Waals surface area contributed by atoms with Crippen molar-refractivity contribution < 1.29 is 9.15 Å². The third-order valence-electron chi connectivity index (χ3n) is 1.18. The Morgan fingerprint density at radius 1 is 1.80 bits per heavy atom. The summed E-state index contributed by atoms with van der Waals surface area (Å²) in [6.07, 6.45) is 6.69. The average Bonchev–Trinajstić information content (AvgIpc) is 2.36. The molecule has 1 aromatic rings. The van der Waals surface area contributed by atoms with E-state index in [9.17, 15) is 0 Å². The fourth-order valence-corrected chi connectivity index (χ4v) is 0.731. The second-order valence-corrected chi connectivity index (χ2v) is 1.85. The molecule has 0 atom stereocenters. The molecule has 0 saturated heterocycles. The van der Waals surface area contributed by atoms with Gasteiger partial charge in [-0.15, -0.1) is 6.42 Å². The largest absolute Gasteiger partial charge is 0.456 e. The first-order chi connectivity index (χ1) is 4.88. The lowest BCUT2D eigenvalue weighted by Crippen LogP contribution is -1.86. The quantitative estimate of drug-likeness (QED) is 0.573. The van der Waals surface area contributed by atoms with E-state index in [1.165, 1.54) is 0 Å². The molecule has 0 spiro atoms. The first-order valence-corrected chi connectivity index (χ1v) is 2.90. The van der Waals surface area contributed by atoms with Gasteiger partial charge in [0, 0.05) is 12.7 Å². The molecule has 1 heterocycles. The SMILES string of the molecule is C#Cc1occc1COC. The molecule has 1 aromatic heterocycles. The highest BCUT2D eigenvalue weighted by atomic mass is 16.5. The smallest absolute Gasteiger partial charge is 0.181 e. The summed E-state index contributed by atoms with van der Waals surface area (Å²) in [4.78, 5) is 0. The lowest BCUT2D eigenvalue weighted by molar-refractivity contribution is 0.184. The summed E-state index contributed by atoms with van der Waals surface area (Å²) in [5.41, 5.74) is 0.921. The lowest BCUT2D eigenvalue weighted by atomic mass is 10.3. The zero-order valence-corrected chi connectivity index (χ0v) is 5.76. The highest BCUT2D eigenvalue weighted by Gasteiger charge is 2.00. The van der Waals surface area contributed by atoms with E-state index in [4.69, 9.17) is 15.6 Å². The number of hydrogen-bond donors (Lipinski definition) is 0. The molecule has 0 amide bonds. The minimum absolute atomic E-state index is 0.510. The van der Waals surface area contributed by atoms with Crippen molar-refractivity contribution in [2.24, 2.45) is 0 Å². The van der Waals surface area contributed by atoms with Gasteiger partial charge >= 0.3 is 0 Å². The van der Waals surface area contributed by atoms with Crippen LogP contribution in [0.1, 0.15) is 11.3 Å². The topological polar surface area (TPSA) is 22.4 Å². The fraction of sp³-hybridized carbons (Fsp3) is 0.250. The van der Waals surface area contributed by atoms with Crippen molar-refractivity contribution in [2.75, 3.05) is 7.11 Å². The molecule has 2 heteroatoms. The maximum atomic E-state index is 5.13. The van der Waals surface area contributed by atoms with E-state index in [0.717, 1.165) is 5.56 Å². The van der Waals surface area contributed by atoms with E-state index in [1.807, 2.05) is 0 Å². The molecule has 0 fully saturated rings. The molecule has 0 aliphatic carbocycles. The Hall–Kier alpha value is -1.20. The Morgan fingerprint density at radius 2 is 2.60 bits per heavy atom. The van der Waals surface area contributed by atoms with Crippen LogP contribution in [-0.2, 0) is 11.3 Å². The Labute approximate surface area is 59.8 Å². The van der Waals surface area contributed by atoms with Gasteiger partial charge < -0.3 is 9.15 Å². The lowest BCUT2D eigenvalue weighted by Gasteiger charge is -1.92. The predicted molar refractivity (Wildman–Crippen MR) is 37.4 cm³/mol. The molecule has 0 aliphatic rings. The highest BCUT2D eigenvalue weighted by molar-refractivity contribution is 5.30. The van der Waals surface area contributed by atoms with Gasteiger partial charge in [-0.1, -0.05) is 0 Å². The summed E-state index contributed by atoms with van der Waals surface area (Å²) < 4.78 is 9.82. The second-order valence-electron chi connectivity index (χ2n) is 1.85. The van der Waals surface area contributed by atoms with Gasteiger partial charge in [0.1, 0.15) is 0 Å². The van der Waals surface area contributed by atoms with E-state index in [-0.39, 0.29) is 0 Å². The molecule has 0 saturated carbocycles. The van der Waals surface area contributed by atoms with Gasteiger partial charge in [0.15, 0.2) is 5.76 Å². The van der Waals surface area contributed by atoms with Crippen molar-refractivity contribution in [3.8, 4) is 12.3 Å². The van der Waals surface area contributed by atoms with Crippen LogP contribution in [0.25, 0.3) is 0 Å². The molecule has 10 heavy (non-hydrogen) atoms. The third-order valence-corrected chi connectivity index (χ3v) is 1.18. The number of hydrogen-bond acceptors (Lipinski definition) is 2. The van der Waals surface area contributed by atoms with Crippen molar-refractivity contribution in [3.05, 3.63) is 23.7 Å². The number of furan rings is 1. The van der Waals surface area contributed by atoms with Crippen LogP contribution >= 0.6 is 0 Å². The summed E-state index contributed by atoms with van der Waals surface area (Å²) >= 11 is 0. The zero-order valence-electron chi connectivity index (χ0n) is 5.76. The van der Waals surface area contributed by atoms with Crippen molar-refractivity contribution in [3.63, 3.8) is 0 Å². The van der Waals surface area contributed by atoms with Crippen LogP contribution in [0.2, 0.25) is 0 Å². The van der Waals surface area contributed by atoms with Gasteiger partial charge in [-0.05, 0) is 12.0 Å². The number of terminal acetylenes is 1. The molecule has 1 rings (SSSR count). The summed E-state index contributed by atoms with van der Waals surface area (Å²) in [6.45, 7) is 0.510. The number of methoxy groups -OCH3 is 1. The Bertz CT molecular complexity index is 242. The normalized spacial score (nSPS) is 9.20. The van der Waals surface area contributed by atoms with Gasteiger partial charge in [-0.2, -0.15) is 0 Å². The Kier molecular flexibility index (Phi) is 2.14. The molecule has 0 aliphatic heterocycles. The highest BCUT2D eigenvalue weighted by Crippen LogP contribution is 2.09. The predicted octanol–water partition coefficient (Wildman–Crippen LogP) is 1.41. The molecular formula is C8H8O2. The molecule has 0 N–H and O–H groups in total. The molecular weight excluding hydrogens is 128 g/mol. The fourth-order valence-electron chi connectivity index (χ4n) is 0.731. The van der Waals surface area contributed by atoms with Crippen LogP contribution in [0.4, 0.5) is 0 Å². The van der Waals surface area contributed by atoms with Gasteiger partial charge in [0.2, 0.25) is 0 Å². The number of ether oxygens (including phenoxy) is 1. The minimum Gasteiger partial charge on any atom is -0.456 e. The molecule has 0 aromatic carbocycles. The Morgan fingerprint density at radius 3 is 3.20 bits per heavy atom. The zero-order chi connectivity index (χ0) is 7.40. The van der Waals surface area contributed by atoms with Crippen LogP contribution < -0.4 is 0 Å². The molecule has 52 valence electrons. The molecule has 0 bridgehead atoms. The molecule has 0 radical (unpaired) electrons. The van der Waals surface area contributed by atoms with E-state index in [0.29, 0.717) is 12.4 Å². The second kappa shape index (κ2) is 3.09. The van der Waals surface area contributed by atoms with E-state index >= 15 is 0 Å². The van der Waals surface area contributed by atoms with Gasteiger partial charge in [-0.25, -0.2) is 0 Å². The van der Waals surface area contributed by atoms with E-state index in [1.54, 1.807) is 19.4 Å². The van der Waals surface area contributed by atoms with Crippen molar-refractivity contribution in [1.29, 1.82) is 0 Å². The van der Waals surface area contributed by atoms with Crippen molar-refractivity contribution >= 4 is 0 Å². The van der Waals surface area contributed by atoms with E-state index < -0.39 is 0 Å². The van der Waals surface area contributed by atoms with Crippen molar-refractivity contribution in [2.45, 2.75) is 6.61 Å². The summed E-state index contributed by atoms with van der Waals surface area (Å²) in [6, 6.07) is 1.80. The van der Waals surface area contributed by atoms with E-state index in [2.05, 4.69) is 5.92 Å². The molecule has 2 nitrogen and oxygen atoms in total. The maximum absolute atomic E-state index is 5.13. The first kappa shape index (κ1) is 6.91. The Balaban J connectivity index is 2.82. The van der Waals surface area contributed by atoms with Gasteiger partial charge in [-0.3, -0.25) is 0 Å². The molecule has 0 unspecified atom stereocenters. The monoisotopic (exact) mass is 136 g/mol. The maximum Gasteiger partial charge on any atom is 0.181 e. The average molecular weight is 136 g/mol.